The third kappa shape index (κ3) is 12.1. The number of carbonyl (C=O) groups excluding carboxylic acids is 6. The van der Waals surface area contributed by atoms with E-state index in [0.29, 0.717) is 51.6 Å². The molecule has 0 aliphatic heterocycles. The number of fused-ring (bicyclic) bond motifs is 6. The summed E-state index contributed by atoms with van der Waals surface area (Å²) < 4.78 is 9.79. The Bertz CT molecular complexity index is 3390. The lowest BCUT2D eigenvalue weighted by molar-refractivity contribution is -0.130. The number of aromatic amines is 2. The molecule has 440 valence electrons. The zero-order valence-corrected chi connectivity index (χ0v) is 48.0. The zero-order valence-electron chi connectivity index (χ0n) is 48.0. The molecule has 0 unspecified atom stereocenters. The quantitative estimate of drug-likeness (QED) is 0.0313. The van der Waals surface area contributed by atoms with Crippen molar-refractivity contribution in [1.82, 2.24) is 30.4 Å². The zero-order chi connectivity index (χ0) is 60.5. The molecule has 0 saturated carbocycles. The van der Waals surface area contributed by atoms with Crippen molar-refractivity contribution >= 4 is 61.3 Å². The molecule has 11 rings (SSSR count). The van der Waals surface area contributed by atoms with Gasteiger partial charge in [0.2, 0.25) is 25.6 Å². The fourth-order valence-electron chi connectivity index (χ4n) is 13.2. The molecule has 0 saturated heterocycles. The van der Waals surface area contributed by atoms with Crippen LogP contribution in [0, 0.1) is 11.3 Å². The Morgan fingerprint density at radius 2 is 0.826 bits per heavy atom. The Labute approximate surface area is 498 Å². The molecular weight excluding hydrogens is 1090 g/mol. The summed E-state index contributed by atoms with van der Waals surface area (Å²) in [6.07, 6.45) is 14.6. The highest BCUT2D eigenvalue weighted by Gasteiger charge is 2.45. The van der Waals surface area contributed by atoms with Crippen molar-refractivity contribution in [2.45, 2.75) is 114 Å². The average Bonchev–Trinajstić information content (AvgIpc) is 3.39. The van der Waals surface area contributed by atoms with Gasteiger partial charge in [-0.15, -0.1) is 0 Å². The monoisotopic (exact) mass is 1160 g/mol. The van der Waals surface area contributed by atoms with Crippen LogP contribution in [-0.4, -0.2) is 75.5 Å². The first-order valence-corrected chi connectivity index (χ1v) is 28.7. The van der Waals surface area contributed by atoms with Crippen molar-refractivity contribution in [3.05, 3.63) is 211 Å². The summed E-state index contributed by atoms with van der Waals surface area (Å²) >= 11 is 0. The van der Waals surface area contributed by atoms with Crippen molar-refractivity contribution < 1.29 is 38.2 Å². The third-order valence-electron chi connectivity index (χ3n) is 16.6. The van der Waals surface area contributed by atoms with Gasteiger partial charge in [-0.2, -0.15) is 15.5 Å². The minimum atomic E-state index is -0.718. The number of carbonyl (C=O) groups is 6. The topological polar surface area (TPSA) is 302 Å². The number of benzene rings is 6. The minimum Gasteiger partial charge on any atom is -0.463 e. The predicted octanol–water partition coefficient (Wildman–Crippen LogP) is 8.64. The van der Waals surface area contributed by atoms with Crippen molar-refractivity contribution in [3.63, 3.8) is 0 Å². The molecule has 0 bridgehead atoms. The fraction of sp³-hybridized carbons (Fsp3) is 0.288. The summed E-state index contributed by atoms with van der Waals surface area (Å²) in [4.78, 5) is 73.8. The van der Waals surface area contributed by atoms with E-state index in [-0.39, 0.29) is 13.2 Å². The molecule has 3 aliphatic carbocycles. The molecule has 20 nitrogen and oxygen atoms in total. The number of hydrogen-bond acceptors (Lipinski definition) is 14. The number of hydrogen-bond donors (Lipinski definition) is 7. The summed E-state index contributed by atoms with van der Waals surface area (Å²) in [5.41, 5.74) is 22.5. The Kier molecular flexibility index (Phi) is 19.7. The van der Waals surface area contributed by atoms with Crippen LogP contribution in [0.4, 0.5) is 22.7 Å². The maximum atomic E-state index is 10.9. The van der Waals surface area contributed by atoms with Crippen LogP contribution < -0.4 is 27.0 Å². The highest BCUT2D eigenvalue weighted by Crippen LogP contribution is 2.49. The van der Waals surface area contributed by atoms with Gasteiger partial charge in [0.1, 0.15) is 42.9 Å². The number of rotatable bonds is 22. The summed E-state index contributed by atoms with van der Waals surface area (Å²) in [7, 11) is 0. The number of amides is 4. The average molecular weight is 1160 g/mol. The van der Waals surface area contributed by atoms with Crippen LogP contribution in [0.25, 0.3) is 0 Å². The lowest BCUT2D eigenvalue weighted by atomic mass is 9.69. The van der Waals surface area contributed by atoms with Gasteiger partial charge in [-0.1, -0.05) is 87.4 Å². The Balaban J connectivity index is 0.000000154. The van der Waals surface area contributed by atoms with Gasteiger partial charge in [0.25, 0.3) is 12.9 Å². The Hall–Kier alpha value is -10.1. The van der Waals surface area contributed by atoms with Crippen LogP contribution in [0.2, 0.25) is 0 Å². The molecule has 3 aliphatic rings. The molecule has 0 atom stereocenters. The number of aryl methyl sites for hydroxylation is 6. The number of nitrogens with zero attached hydrogens (tertiary/aromatic N) is 5. The van der Waals surface area contributed by atoms with Crippen LogP contribution in [0.5, 0.6) is 0 Å². The van der Waals surface area contributed by atoms with E-state index in [1.807, 2.05) is 97.1 Å². The maximum absolute atomic E-state index is 10.9. The van der Waals surface area contributed by atoms with Crippen LogP contribution in [-0.2, 0) is 106 Å². The van der Waals surface area contributed by atoms with E-state index in [4.69, 9.17) is 15.2 Å². The van der Waals surface area contributed by atoms with Gasteiger partial charge < -0.3 is 36.5 Å². The first kappa shape index (κ1) is 60.5. The number of nitrogens with one attached hydrogen (secondary N) is 6. The number of ether oxygens (including phenoxy) is 2. The van der Waals surface area contributed by atoms with Crippen LogP contribution in [0.15, 0.2) is 122 Å². The molecule has 4 amide bonds. The van der Waals surface area contributed by atoms with Gasteiger partial charge >= 0.3 is 0 Å². The number of anilines is 4. The highest BCUT2D eigenvalue weighted by atomic mass is 16.5. The third-order valence-corrected chi connectivity index (χ3v) is 16.6. The Morgan fingerprint density at radius 3 is 1.12 bits per heavy atom. The van der Waals surface area contributed by atoms with Crippen molar-refractivity contribution in [2.75, 3.05) is 27.8 Å². The van der Waals surface area contributed by atoms with Crippen molar-refractivity contribution in [1.29, 1.82) is 5.26 Å². The second-order valence-electron chi connectivity index (χ2n) is 21.4. The van der Waals surface area contributed by atoms with Crippen LogP contribution in [0.1, 0.15) is 135 Å². The molecule has 0 radical (unpaired) electrons. The number of aromatic nitrogens is 6. The van der Waals surface area contributed by atoms with E-state index in [9.17, 15) is 34.0 Å². The summed E-state index contributed by atoms with van der Waals surface area (Å²) in [6.45, 7) is 6.04. The summed E-state index contributed by atoms with van der Waals surface area (Å²) in [5.74, 6) is 1.52. The highest BCUT2D eigenvalue weighted by molar-refractivity contribution is 5.76. The number of nitrogens with two attached hydrogens (primary N) is 1. The second-order valence-corrected chi connectivity index (χ2v) is 21.4. The van der Waals surface area contributed by atoms with Gasteiger partial charge in [-0.05, 0) is 191 Å². The molecule has 2 heterocycles. The van der Waals surface area contributed by atoms with E-state index < -0.39 is 16.2 Å². The molecule has 20 heteroatoms. The minimum absolute atomic E-state index is 0.226. The van der Waals surface area contributed by atoms with Gasteiger partial charge in [0.15, 0.2) is 0 Å². The molecule has 86 heavy (non-hydrogen) atoms. The maximum Gasteiger partial charge on any atom is 0.293 e. The first-order valence-electron chi connectivity index (χ1n) is 28.7. The smallest absolute Gasteiger partial charge is 0.293 e. The normalized spacial score (nSPS) is 14.2. The summed E-state index contributed by atoms with van der Waals surface area (Å²) in [5, 5.41) is 35.7. The molecular formula is C66H68N12O8. The molecule has 8 aromatic rings. The van der Waals surface area contributed by atoms with E-state index >= 15 is 0 Å². The molecule has 6 aromatic carbocycles. The molecule has 0 fully saturated rings. The first-order chi connectivity index (χ1) is 42.1. The SMILES string of the molecule is CCCC1(C#N)c2ccc(COC=O)cc2CCc2cc(COC=O)ccc21.CCCC1(c2ncn[nH]2)c2ccc(NC=O)cc2CCc2cc(NC=O)ccc21.NCCC1(c2ncn[nH]2)c2ccc(NC=O)cc2CCc2cc(NC=O)ccc21. The standard InChI is InChI=1S/C23H23NO4.C22H23N5O2.C21H22N6O2/c1-2-9-23(14-24)21-7-3-17(12-27-15-25)10-19(21)5-6-20-11-18(13-28-16-26)4-8-22(20)23;1-2-9-22(21-23-12-26-27-21)19-7-5-17(24-13-28)10-15(19)3-4-16-11-18(25-14-29)6-8-20(16)22;22-8-7-21(20-23-11-26-27-20)18-5-3-16(24-12-28)9-14(18)1-2-15-10-17(25-13-29)4-6-19(15)21/h3-4,7-8,10-11,15-16H,2,5-6,9,12-13H2,1H3;5-8,10-14H,2-4,9H2,1H3,(H,24,28)(H,25,29)(H,23,26,27);3-6,9-13H,1-2,7-8,22H2,(H,24,28)(H,25,29)(H,23,26,27). The summed E-state index contributed by atoms with van der Waals surface area (Å²) in [6, 6.07) is 38.6. The second kappa shape index (κ2) is 28.0. The van der Waals surface area contributed by atoms with Crippen molar-refractivity contribution in [3.8, 4) is 6.07 Å². The van der Waals surface area contributed by atoms with Gasteiger partial charge in [0.05, 0.1) is 16.9 Å². The molecule has 0 spiro atoms. The number of nitriles is 1. The predicted molar refractivity (Wildman–Crippen MR) is 324 cm³/mol. The van der Waals surface area contributed by atoms with E-state index in [2.05, 4.69) is 83.7 Å². The van der Waals surface area contributed by atoms with E-state index in [1.54, 1.807) is 6.33 Å². The largest absolute Gasteiger partial charge is 0.463 e. The van der Waals surface area contributed by atoms with Crippen LogP contribution in [0.3, 0.4) is 0 Å². The van der Waals surface area contributed by atoms with E-state index in [1.165, 1.54) is 28.6 Å². The van der Waals surface area contributed by atoms with Crippen molar-refractivity contribution in [2.24, 2.45) is 5.73 Å². The van der Waals surface area contributed by atoms with Crippen LogP contribution >= 0.6 is 0 Å². The Morgan fingerprint density at radius 1 is 0.488 bits per heavy atom. The molecule has 2 aromatic heterocycles. The lowest BCUT2D eigenvalue weighted by Crippen LogP contribution is -2.34. The van der Waals surface area contributed by atoms with E-state index in [0.717, 1.165) is 154 Å². The van der Waals surface area contributed by atoms with Gasteiger partial charge in [-0.25, -0.2) is 9.97 Å². The molecule has 8 N–H and O–H groups in total. The number of H-pyrrole nitrogens is 2. The fourth-order valence-corrected chi connectivity index (χ4v) is 13.2. The lowest BCUT2D eigenvalue weighted by Gasteiger charge is -2.34. The van der Waals surface area contributed by atoms with Gasteiger partial charge in [-0.3, -0.25) is 39.0 Å². The van der Waals surface area contributed by atoms with Gasteiger partial charge in [0, 0.05) is 22.7 Å².